The lowest BCUT2D eigenvalue weighted by atomic mass is 10.1. The average Bonchev–Trinajstić information content (AvgIpc) is 2.93. The van der Waals surface area contributed by atoms with E-state index in [1.807, 2.05) is 61.5 Å². The van der Waals surface area contributed by atoms with Gasteiger partial charge in [-0.05, 0) is 48.4 Å². The summed E-state index contributed by atoms with van der Waals surface area (Å²) in [5.74, 6) is 0.380. The first-order valence-corrected chi connectivity index (χ1v) is 8.26. The van der Waals surface area contributed by atoms with Crippen LogP contribution in [0.25, 0.3) is 11.3 Å². The first-order valence-electron chi connectivity index (χ1n) is 7.88. The summed E-state index contributed by atoms with van der Waals surface area (Å²) in [6, 6.07) is 17.2. The maximum atomic E-state index is 11.8. The van der Waals surface area contributed by atoms with Crippen LogP contribution in [0.3, 0.4) is 0 Å². The van der Waals surface area contributed by atoms with Gasteiger partial charge < -0.3 is 15.0 Å². The Balaban J connectivity index is 2.06. The van der Waals surface area contributed by atoms with E-state index in [4.69, 9.17) is 22.1 Å². The molecule has 25 heavy (non-hydrogen) atoms. The number of rotatable bonds is 5. The summed E-state index contributed by atoms with van der Waals surface area (Å²) in [4.78, 5) is 11.8. The van der Waals surface area contributed by atoms with E-state index in [1.54, 1.807) is 7.11 Å². The van der Waals surface area contributed by atoms with Gasteiger partial charge in [0, 0.05) is 23.0 Å². The third-order valence-corrected chi connectivity index (χ3v) is 4.52. The van der Waals surface area contributed by atoms with Gasteiger partial charge in [-0.2, -0.15) is 0 Å². The molecule has 3 rings (SSSR count). The van der Waals surface area contributed by atoms with Gasteiger partial charge in [0.2, 0.25) is 0 Å². The molecule has 1 amide bonds. The predicted molar refractivity (Wildman–Crippen MR) is 100 cm³/mol. The van der Waals surface area contributed by atoms with Gasteiger partial charge in [-0.1, -0.05) is 35.9 Å². The standard InChI is InChI=1S/C20H19ClN2O2/c1-13-18(20(22)24)11-19(15-5-7-16(21)8-6-15)23(13)12-14-3-9-17(25-2)10-4-14/h3-11H,12H2,1-2H3,(H2,22,24). The monoisotopic (exact) mass is 354 g/mol. The van der Waals surface area contributed by atoms with Crippen molar-refractivity contribution in [3.63, 3.8) is 0 Å². The number of benzene rings is 2. The second-order valence-electron chi connectivity index (χ2n) is 5.83. The number of hydrogen-bond acceptors (Lipinski definition) is 2. The molecule has 0 unspecified atom stereocenters. The van der Waals surface area contributed by atoms with Crippen molar-refractivity contribution in [1.29, 1.82) is 0 Å². The quantitative estimate of drug-likeness (QED) is 0.743. The van der Waals surface area contributed by atoms with E-state index in [0.717, 1.165) is 28.3 Å². The Labute approximate surface area is 151 Å². The van der Waals surface area contributed by atoms with Gasteiger partial charge in [-0.15, -0.1) is 0 Å². The van der Waals surface area contributed by atoms with E-state index >= 15 is 0 Å². The summed E-state index contributed by atoms with van der Waals surface area (Å²) in [6.45, 7) is 2.53. The molecule has 0 aliphatic carbocycles. The van der Waals surface area contributed by atoms with Crippen LogP contribution in [-0.4, -0.2) is 17.6 Å². The lowest BCUT2D eigenvalue weighted by Crippen LogP contribution is -2.12. The second-order valence-corrected chi connectivity index (χ2v) is 6.27. The average molecular weight is 355 g/mol. The zero-order chi connectivity index (χ0) is 18.0. The predicted octanol–water partition coefficient (Wildman–Crippen LogP) is 4.27. The normalized spacial score (nSPS) is 10.7. The lowest BCUT2D eigenvalue weighted by molar-refractivity contribution is 0.0999. The van der Waals surface area contributed by atoms with Crippen molar-refractivity contribution in [2.45, 2.75) is 13.5 Å². The van der Waals surface area contributed by atoms with E-state index in [1.165, 1.54) is 0 Å². The summed E-state index contributed by atoms with van der Waals surface area (Å²) in [6.07, 6.45) is 0. The highest BCUT2D eigenvalue weighted by molar-refractivity contribution is 6.30. The third-order valence-electron chi connectivity index (χ3n) is 4.27. The van der Waals surface area contributed by atoms with Crippen LogP contribution in [-0.2, 0) is 6.54 Å². The minimum absolute atomic E-state index is 0.429. The van der Waals surface area contributed by atoms with Gasteiger partial charge in [-0.25, -0.2) is 0 Å². The molecule has 0 fully saturated rings. The molecule has 0 aliphatic heterocycles. The number of primary amides is 1. The van der Waals surface area contributed by atoms with Gasteiger partial charge in [0.15, 0.2) is 0 Å². The Bertz CT molecular complexity index is 897. The number of carbonyl (C=O) groups is 1. The Hall–Kier alpha value is -2.72. The maximum absolute atomic E-state index is 11.8. The molecule has 0 aliphatic rings. The molecule has 1 aromatic heterocycles. The number of carbonyl (C=O) groups excluding carboxylic acids is 1. The molecule has 0 spiro atoms. The Kier molecular flexibility index (Phi) is 4.81. The Morgan fingerprint density at radius 2 is 1.76 bits per heavy atom. The maximum Gasteiger partial charge on any atom is 0.250 e. The van der Waals surface area contributed by atoms with Crippen molar-refractivity contribution in [1.82, 2.24) is 4.57 Å². The summed E-state index contributed by atoms with van der Waals surface area (Å²) >= 11 is 5.99. The molecule has 0 saturated heterocycles. The summed E-state index contributed by atoms with van der Waals surface area (Å²) < 4.78 is 7.29. The fourth-order valence-corrected chi connectivity index (χ4v) is 3.00. The largest absolute Gasteiger partial charge is 0.497 e. The van der Waals surface area contributed by atoms with Gasteiger partial charge in [0.05, 0.1) is 12.7 Å². The van der Waals surface area contributed by atoms with Crippen molar-refractivity contribution in [3.8, 4) is 17.0 Å². The van der Waals surface area contributed by atoms with Crippen molar-refractivity contribution in [2.24, 2.45) is 5.73 Å². The number of ether oxygens (including phenoxy) is 1. The van der Waals surface area contributed by atoms with Crippen LogP contribution >= 0.6 is 11.6 Å². The SMILES string of the molecule is COc1ccc(Cn2c(-c3ccc(Cl)cc3)cc(C(N)=O)c2C)cc1. The van der Waals surface area contributed by atoms with Gasteiger partial charge in [-0.3, -0.25) is 4.79 Å². The molecule has 4 nitrogen and oxygen atoms in total. The molecule has 128 valence electrons. The molecule has 0 saturated carbocycles. The molecule has 2 aromatic carbocycles. The minimum Gasteiger partial charge on any atom is -0.497 e. The molecule has 3 aromatic rings. The first-order chi connectivity index (χ1) is 12.0. The van der Waals surface area contributed by atoms with E-state index < -0.39 is 5.91 Å². The molecular weight excluding hydrogens is 336 g/mol. The highest BCUT2D eigenvalue weighted by Gasteiger charge is 2.17. The Morgan fingerprint density at radius 3 is 2.32 bits per heavy atom. The van der Waals surface area contributed by atoms with Gasteiger partial charge >= 0.3 is 0 Å². The number of nitrogens with zero attached hydrogens (tertiary/aromatic N) is 1. The number of amides is 1. The zero-order valence-electron chi connectivity index (χ0n) is 14.1. The van der Waals surface area contributed by atoms with Crippen LogP contribution < -0.4 is 10.5 Å². The molecule has 5 heteroatoms. The molecule has 0 radical (unpaired) electrons. The molecule has 0 bridgehead atoms. The number of nitrogens with two attached hydrogens (primary N) is 1. The number of halogens is 1. The molecule has 0 atom stereocenters. The molecule has 1 heterocycles. The van der Waals surface area contributed by atoms with E-state index in [9.17, 15) is 4.79 Å². The third kappa shape index (κ3) is 3.54. The van der Waals surface area contributed by atoms with Gasteiger partial charge in [0.25, 0.3) is 5.91 Å². The summed E-state index contributed by atoms with van der Waals surface area (Å²) in [5, 5.41) is 0.670. The fourth-order valence-electron chi connectivity index (χ4n) is 2.87. The highest BCUT2D eigenvalue weighted by atomic mass is 35.5. The second kappa shape index (κ2) is 7.03. The van der Waals surface area contributed by atoms with E-state index in [-0.39, 0.29) is 0 Å². The molecular formula is C20H19ClN2O2. The first kappa shape index (κ1) is 17.1. The topological polar surface area (TPSA) is 57.2 Å². The minimum atomic E-state index is -0.429. The summed E-state index contributed by atoms with van der Waals surface area (Å²) in [7, 11) is 1.64. The van der Waals surface area contributed by atoms with E-state index in [2.05, 4.69) is 4.57 Å². The Morgan fingerprint density at radius 1 is 1.12 bits per heavy atom. The van der Waals surface area contributed by atoms with Crippen molar-refractivity contribution in [3.05, 3.63) is 76.4 Å². The summed E-state index contributed by atoms with van der Waals surface area (Å²) in [5.41, 5.74) is 9.92. The van der Waals surface area contributed by atoms with Crippen LogP contribution in [0.2, 0.25) is 5.02 Å². The van der Waals surface area contributed by atoms with Gasteiger partial charge in [0.1, 0.15) is 5.75 Å². The van der Waals surface area contributed by atoms with Crippen LogP contribution in [0.15, 0.2) is 54.6 Å². The molecule has 2 N–H and O–H groups in total. The number of hydrogen-bond donors (Lipinski definition) is 1. The van der Waals surface area contributed by atoms with Crippen LogP contribution in [0.1, 0.15) is 21.6 Å². The van der Waals surface area contributed by atoms with Crippen molar-refractivity contribution >= 4 is 17.5 Å². The number of aromatic nitrogens is 1. The highest BCUT2D eigenvalue weighted by Crippen LogP contribution is 2.28. The number of methoxy groups -OCH3 is 1. The zero-order valence-corrected chi connectivity index (χ0v) is 14.9. The van der Waals surface area contributed by atoms with Crippen molar-refractivity contribution in [2.75, 3.05) is 7.11 Å². The lowest BCUT2D eigenvalue weighted by Gasteiger charge is -2.13. The van der Waals surface area contributed by atoms with Crippen LogP contribution in [0.4, 0.5) is 0 Å². The smallest absolute Gasteiger partial charge is 0.250 e. The van der Waals surface area contributed by atoms with Crippen LogP contribution in [0, 0.1) is 6.92 Å². The van der Waals surface area contributed by atoms with Crippen LogP contribution in [0.5, 0.6) is 5.75 Å². The van der Waals surface area contributed by atoms with Crippen molar-refractivity contribution < 1.29 is 9.53 Å². The fraction of sp³-hybridized carbons (Fsp3) is 0.150. The van der Waals surface area contributed by atoms with E-state index in [0.29, 0.717) is 17.1 Å².